The molecule has 1 fully saturated rings. The molecule has 1 saturated carbocycles. The number of carbonyl (C=O) groups excluding carboxylic acids is 1. The second kappa shape index (κ2) is 6.74. The van der Waals surface area contributed by atoms with Crippen molar-refractivity contribution in [3.8, 4) is 11.3 Å². The molecule has 3 N–H and O–H groups in total. The normalized spacial score (nSPS) is 20.7. The Bertz CT molecular complexity index is 921. The minimum atomic E-state index is -0.211. The third-order valence-corrected chi connectivity index (χ3v) is 5.85. The van der Waals surface area contributed by atoms with Crippen LogP contribution in [0.5, 0.6) is 0 Å². The van der Waals surface area contributed by atoms with Crippen LogP contribution in [0.3, 0.4) is 0 Å². The Balaban J connectivity index is 1.60. The van der Waals surface area contributed by atoms with Gasteiger partial charge in [0, 0.05) is 23.8 Å². The zero-order valence-electron chi connectivity index (χ0n) is 13.5. The molecule has 0 aromatic carbocycles. The molecule has 1 aliphatic carbocycles. The van der Waals surface area contributed by atoms with Crippen LogP contribution in [0, 0.1) is 0 Å². The Kier molecular flexibility index (Phi) is 4.45. The maximum Gasteiger partial charge on any atom is 0.280 e. The molecule has 3 aromatic heterocycles. The van der Waals surface area contributed by atoms with Crippen molar-refractivity contribution in [2.24, 2.45) is 5.73 Å². The molecule has 8 heteroatoms. The van der Waals surface area contributed by atoms with Crippen molar-refractivity contribution in [3.63, 3.8) is 0 Å². The number of pyridine rings is 1. The van der Waals surface area contributed by atoms with E-state index in [1.54, 1.807) is 10.7 Å². The highest BCUT2D eigenvalue weighted by Crippen LogP contribution is 2.34. The molecule has 2 atom stereocenters. The maximum absolute atomic E-state index is 12.6. The summed E-state index contributed by atoms with van der Waals surface area (Å²) in [5.41, 5.74) is 8.41. The number of rotatable bonds is 3. The van der Waals surface area contributed by atoms with Gasteiger partial charge in [0.1, 0.15) is 10.0 Å². The van der Waals surface area contributed by atoms with Crippen LogP contribution in [-0.4, -0.2) is 32.6 Å². The highest BCUT2D eigenvalue weighted by Gasteiger charge is 2.26. The largest absolute Gasteiger partial charge is 0.346 e. The smallest absolute Gasteiger partial charge is 0.280 e. The lowest BCUT2D eigenvalue weighted by atomic mass is 9.91. The number of aromatic nitrogens is 3. The number of halogens is 1. The highest BCUT2D eigenvalue weighted by molar-refractivity contribution is 7.18. The predicted octanol–water partition coefficient (Wildman–Crippen LogP) is 3.11. The van der Waals surface area contributed by atoms with Gasteiger partial charge in [0.2, 0.25) is 0 Å². The molecule has 1 aliphatic rings. The first-order valence-corrected chi connectivity index (χ1v) is 9.48. The lowest BCUT2D eigenvalue weighted by Gasteiger charge is -2.28. The van der Waals surface area contributed by atoms with E-state index in [9.17, 15) is 4.79 Å². The predicted molar refractivity (Wildman–Crippen MR) is 99.0 cm³/mol. The summed E-state index contributed by atoms with van der Waals surface area (Å²) >= 11 is 7.55. The zero-order valence-corrected chi connectivity index (χ0v) is 15.1. The minimum absolute atomic E-state index is 0.00403. The average Bonchev–Trinajstić information content (AvgIpc) is 3.20. The van der Waals surface area contributed by atoms with E-state index in [4.69, 9.17) is 17.3 Å². The van der Waals surface area contributed by atoms with Crippen molar-refractivity contribution in [1.29, 1.82) is 0 Å². The summed E-state index contributed by atoms with van der Waals surface area (Å²) in [6.07, 6.45) is 7.64. The molecular weight excluding hydrogens is 358 g/mol. The van der Waals surface area contributed by atoms with Crippen LogP contribution in [-0.2, 0) is 0 Å². The number of hydrogen-bond donors (Lipinski definition) is 2. The maximum atomic E-state index is 12.6. The van der Waals surface area contributed by atoms with Gasteiger partial charge in [-0.15, -0.1) is 0 Å². The SMILES string of the molecule is N[C@@H]1CCCC[C@H]1NC(=O)c1nc(-c2cnn3ccccc23)c(Cl)s1. The topological polar surface area (TPSA) is 85.3 Å². The number of nitrogens with one attached hydrogen (secondary N) is 1. The minimum Gasteiger partial charge on any atom is -0.346 e. The fourth-order valence-corrected chi connectivity index (χ4v) is 4.32. The third-order valence-electron chi connectivity index (χ3n) is 4.60. The Morgan fingerprint density at radius 1 is 1.36 bits per heavy atom. The van der Waals surface area contributed by atoms with Crippen LogP contribution in [0.1, 0.15) is 35.5 Å². The van der Waals surface area contributed by atoms with Crippen LogP contribution in [0.25, 0.3) is 16.8 Å². The summed E-state index contributed by atoms with van der Waals surface area (Å²) in [5, 5.41) is 7.67. The molecule has 3 aromatic rings. The van der Waals surface area contributed by atoms with Crippen molar-refractivity contribution in [2.75, 3.05) is 0 Å². The van der Waals surface area contributed by atoms with Crippen molar-refractivity contribution in [1.82, 2.24) is 19.9 Å². The number of fused-ring (bicyclic) bond motifs is 1. The van der Waals surface area contributed by atoms with Crippen molar-refractivity contribution >= 4 is 34.4 Å². The van der Waals surface area contributed by atoms with E-state index in [0.717, 1.165) is 36.8 Å². The molecule has 0 saturated heterocycles. The number of carbonyl (C=O) groups is 1. The lowest BCUT2D eigenvalue weighted by Crippen LogP contribution is -2.49. The molecule has 4 rings (SSSR count). The Hall–Kier alpha value is -1.96. The molecule has 0 bridgehead atoms. The molecule has 0 radical (unpaired) electrons. The summed E-state index contributed by atoms with van der Waals surface area (Å²) in [7, 11) is 0. The van der Waals surface area contributed by atoms with E-state index in [1.807, 2.05) is 24.4 Å². The molecule has 3 heterocycles. The summed E-state index contributed by atoms with van der Waals surface area (Å²) < 4.78 is 2.24. The summed E-state index contributed by atoms with van der Waals surface area (Å²) in [6, 6.07) is 5.78. The van der Waals surface area contributed by atoms with Crippen molar-refractivity contribution in [2.45, 2.75) is 37.8 Å². The second-order valence-electron chi connectivity index (χ2n) is 6.26. The van der Waals surface area contributed by atoms with Crippen LogP contribution in [0.15, 0.2) is 30.6 Å². The fourth-order valence-electron chi connectivity index (χ4n) is 3.25. The molecule has 25 heavy (non-hydrogen) atoms. The monoisotopic (exact) mass is 375 g/mol. The first-order valence-electron chi connectivity index (χ1n) is 8.29. The van der Waals surface area contributed by atoms with Gasteiger partial charge in [0.05, 0.1) is 11.7 Å². The summed E-state index contributed by atoms with van der Waals surface area (Å²) in [5.74, 6) is -0.211. The van der Waals surface area contributed by atoms with E-state index >= 15 is 0 Å². The van der Waals surface area contributed by atoms with E-state index in [2.05, 4.69) is 15.4 Å². The van der Waals surface area contributed by atoms with Gasteiger partial charge < -0.3 is 11.1 Å². The average molecular weight is 376 g/mol. The van der Waals surface area contributed by atoms with Crippen LogP contribution >= 0.6 is 22.9 Å². The zero-order chi connectivity index (χ0) is 17.4. The molecule has 1 amide bonds. The number of nitrogens with two attached hydrogens (primary N) is 1. The van der Waals surface area contributed by atoms with Crippen LogP contribution in [0.2, 0.25) is 4.34 Å². The van der Waals surface area contributed by atoms with Gasteiger partial charge in [-0.05, 0) is 25.0 Å². The van der Waals surface area contributed by atoms with Crippen LogP contribution < -0.4 is 11.1 Å². The Morgan fingerprint density at radius 2 is 2.20 bits per heavy atom. The third kappa shape index (κ3) is 3.15. The second-order valence-corrected chi connectivity index (χ2v) is 7.86. The lowest BCUT2D eigenvalue weighted by molar-refractivity contribution is 0.0921. The Morgan fingerprint density at radius 3 is 3.04 bits per heavy atom. The van der Waals surface area contributed by atoms with Gasteiger partial charge in [-0.25, -0.2) is 9.50 Å². The van der Waals surface area contributed by atoms with Crippen LogP contribution in [0.4, 0.5) is 0 Å². The van der Waals surface area contributed by atoms with E-state index < -0.39 is 0 Å². The molecule has 0 spiro atoms. The first kappa shape index (κ1) is 16.5. The highest BCUT2D eigenvalue weighted by atomic mass is 35.5. The molecule has 6 nitrogen and oxygen atoms in total. The number of thiazole rings is 1. The van der Waals surface area contributed by atoms with E-state index in [1.165, 1.54) is 11.3 Å². The van der Waals surface area contributed by atoms with Gasteiger partial charge in [-0.3, -0.25) is 4.79 Å². The van der Waals surface area contributed by atoms with E-state index in [-0.39, 0.29) is 18.0 Å². The number of hydrogen-bond acceptors (Lipinski definition) is 5. The number of nitrogens with zero attached hydrogens (tertiary/aromatic N) is 3. The van der Waals surface area contributed by atoms with Gasteiger partial charge in [0.25, 0.3) is 5.91 Å². The molecule has 130 valence electrons. The molecule has 0 aliphatic heterocycles. The molecule has 0 unspecified atom stereocenters. The van der Waals surface area contributed by atoms with Crippen molar-refractivity contribution in [3.05, 3.63) is 39.9 Å². The summed E-state index contributed by atoms with van der Waals surface area (Å²) in [6.45, 7) is 0. The molecular formula is C17H18ClN5OS. The van der Waals surface area contributed by atoms with Gasteiger partial charge in [-0.2, -0.15) is 5.10 Å². The van der Waals surface area contributed by atoms with E-state index in [0.29, 0.717) is 15.0 Å². The number of amides is 1. The first-order chi connectivity index (χ1) is 12.1. The van der Waals surface area contributed by atoms with Gasteiger partial charge in [-0.1, -0.05) is 41.8 Å². The fraction of sp³-hybridized carbons (Fsp3) is 0.353. The van der Waals surface area contributed by atoms with Gasteiger partial charge >= 0.3 is 0 Å². The Labute approximate surface area is 154 Å². The van der Waals surface area contributed by atoms with Crippen molar-refractivity contribution < 1.29 is 4.79 Å². The van der Waals surface area contributed by atoms with Gasteiger partial charge in [0.15, 0.2) is 5.01 Å². The standard InChI is InChI=1S/C17H18ClN5OS/c18-15-14(10-9-20-23-8-4-3-7-13(10)23)22-17(25-15)16(24)21-12-6-2-1-5-11(12)19/h3-4,7-9,11-12H,1-2,5-6,19H2,(H,21,24)/t11-,12-/m1/s1. The summed E-state index contributed by atoms with van der Waals surface area (Å²) in [4.78, 5) is 17.0. The quantitative estimate of drug-likeness (QED) is 0.736.